The van der Waals surface area contributed by atoms with E-state index in [1.807, 2.05) is 72.8 Å². The van der Waals surface area contributed by atoms with Crippen molar-refractivity contribution in [3.8, 4) is 11.5 Å². The van der Waals surface area contributed by atoms with Gasteiger partial charge in [0.15, 0.2) is 16.3 Å². The first kappa shape index (κ1) is 33.2. The normalized spacial score (nSPS) is 14.1. The van der Waals surface area contributed by atoms with Gasteiger partial charge in [-0.05, 0) is 49.2 Å². The van der Waals surface area contributed by atoms with Crippen molar-refractivity contribution >= 4 is 35.0 Å². The van der Waals surface area contributed by atoms with Crippen LogP contribution in [-0.4, -0.2) is 36.8 Å². The molecule has 4 aromatic carbocycles. The van der Waals surface area contributed by atoms with Gasteiger partial charge in [-0.25, -0.2) is 14.6 Å². The maximum atomic E-state index is 14.3. The first-order valence-electron chi connectivity index (χ1n) is 15.8. The number of esters is 2. The van der Waals surface area contributed by atoms with Gasteiger partial charge in [-0.1, -0.05) is 96.3 Å². The largest absolute Gasteiger partial charge is 0.493 e. The van der Waals surface area contributed by atoms with Crippen LogP contribution < -0.4 is 24.4 Å². The highest BCUT2D eigenvalue weighted by Crippen LogP contribution is 2.36. The summed E-state index contributed by atoms with van der Waals surface area (Å²) < 4.78 is 24.5. The summed E-state index contributed by atoms with van der Waals surface area (Å²) in [6.07, 6.45) is 1.75. The monoisotopic (exact) mass is 674 g/mol. The highest BCUT2D eigenvalue weighted by Gasteiger charge is 2.35. The molecule has 0 saturated heterocycles. The second-order valence-corrected chi connectivity index (χ2v) is 11.9. The van der Waals surface area contributed by atoms with Gasteiger partial charge in [-0.2, -0.15) is 0 Å². The highest BCUT2D eigenvalue weighted by atomic mass is 32.1. The van der Waals surface area contributed by atoms with Crippen LogP contribution in [0.5, 0.6) is 11.5 Å². The zero-order valence-corrected chi connectivity index (χ0v) is 28.1. The number of rotatable bonds is 11. The van der Waals surface area contributed by atoms with E-state index in [-0.39, 0.29) is 30.3 Å². The molecule has 0 unspecified atom stereocenters. The van der Waals surface area contributed by atoms with Gasteiger partial charge in [0.25, 0.3) is 5.56 Å². The lowest BCUT2D eigenvalue weighted by Gasteiger charge is -2.25. The Kier molecular flexibility index (Phi) is 10.2. The average Bonchev–Trinajstić information content (AvgIpc) is 3.45. The number of hydrogen-bond acceptors (Lipinski definition) is 9. The topological polar surface area (TPSA) is 105 Å². The fraction of sp³-hybridized carbons (Fsp3) is 0.179. The summed E-state index contributed by atoms with van der Waals surface area (Å²) >= 11 is 1.23. The van der Waals surface area contributed by atoms with Crippen molar-refractivity contribution in [2.45, 2.75) is 26.5 Å². The third kappa shape index (κ3) is 6.95. The minimum absolute atomic E-state index is 0.171. The van der Waals surface area contributed by atoms with Crippen molar-refractivity contribution in [3.63, 3.8) is 0 Å². The zero-order valence-electron chi connectivity index (χ0n) is 27.3. The summed E-state index contributed by atoms with van der Waals surface area (Å²) in [4.78, 5) is 45.4. The predicted molar refractivity (Wildman–Crippen MR) is 187 cm³/mol. The molecule has 0 saturated carbocycles. The second kappa shape index (κ2) is 15.0. The van der Waals surface area contributed by atoms with E-state index in [4.69, 9.17) is 23.9 Å². The maximum absolute atomic E-state index is 14.3. The fourth-order valence-electron chi connectivity index (χ4n) is 5.60. The Morgan fingerprint density at radius 2 is 1.51 bits per heavy atom. The number of nitrogens with zero attached hydrogens (tertiary/aromatic N) is 2. The molecule has 0 N–H and O–H groups in total. The molecule has 0 bridgehead atoms. The second-order valence-electron chi connectivity index (χ2n) is 10.9. The van der Waals surface area contributed by atoms with E-state index in [2.05, 4.69) is 0 Å². The molecule has 49 heavy (non-hydrogen) atoms. The van der Waals surface area contributed by atoms with E-state index in [0.29, 0.717) is 44.3 Å². The highest BCUT2D eigenvalue weighted by molar-refractivity contribution is 7.07. The Morgan fingerprint density at radius 1 is 0.837 bits per heavy atom. The SMILES string of the molecule is CCOC(=O)C1=C(c2ccccc2)N=c2s/c(=C\c3cccc(OC)c3OCc3ccc(C(=O)OCC)cc3)c(=O)n2[C@H]1c1ccccc1. The lowest BCUT2D eigenvalue weighted by molar-refractivity contribution is -0.138. The van der Waals surface area contributed by atoms with E-state index < -0.39 is 12.0 Å². The molecular weight excluding hydrogens is 641 g/mol. The minimum atomic E-state index is -0.771. The molecule has 6 rings (SSSR count). The van der Waals surface area contributed by atoms with E-state index in [9.17, 15) is 14.4 Å². The third-order valence-corrected chi connectivity index (χ3v) is 8.84. The molecule has 0 aliphatic carbocycles. The summed E-state index contributed by atoms with van der Waals surface area (Å²) in [5, 5.41) is 0. The Morgan fingerprint density at radius 3 is 2.18 bits per heavy atom. The number of thiazole rings is 1. The summed E-state index contributed by atoms with van der Waals surface area (Å²) in [6, 6.07) is 30.5. The van der Waals surface area contributed by atoms with E-state index in [1.165, 1.54) is 11.3 Å². The number of carbonyl (C=O) groups is 2. The zero-order chi connectivity index (χ0) is 34.3. The number of aromatic nitrogens is 1. The number of ether oxygens (including phenoxy) is 4. The van der Waals surface area contributed by atoms with Crippen molar-refractivity contribution in [1.82, 2.24) is 4.57 Å². The van der Waals surface area contributed by atoms with E-state index in [1.54, 1.807) is 61.9 Å². The van der Waals surface area contributed by atoms with Crippen LogP contribution in [0, 0.1) is 0 Å². The predicted octanol–water partition coefficient (Wildman–Crippen LogP) is 5.70. The first-order valence-corrected chi connectivity index (χ1v) is 16.6. The standard InChI is InChI=1S/C39H34N2O7S/c1-4-46-37(43)28-21-19-25(20-22-28)24-48-35-29(17-12-18-30(35)45-3)23-31-36(42)41-34(27-15-10-7-11-16-27)32(38(44)47-5-2)33(40-39(41)49-31)26-13-8-6-9-14-26/h6-23,34H,4-5,24H2,1-3H3/b31-23-/t34-/m0/s1. The number of methoxy groups -OCH3 is 1. The van der Waals surface area contributed by atoms with Gasteiger partial charge in [0.2, 0.25) is 0 Å². The van der Waals surface area contributed by atoms with Gasteiger partial charge in [-0.15, -0.1) is 0 Å². The van der Waals surface area contributed by atoms with Crippen LogP contribution in [0.4, 0.5) is 0 Å². The molecule has 1 aliphatic heterocycles. The third-order valence-electron chi connectivity index (χ3n) is 7.85. The molecule has 9 nitrogen and oxygen atoms in total. The summed E-state index contributed by atoms with van der Waals surface area (Å²) in [5.41, 5.74) is 3.83. The number of carbonyl (C=O) groups excluding carboxylic acids is 2. The Hall–Kier alpha value is -5.74. The van der Waals surface area contributed by atoms with Crippen LogP contribution in [0.15, 0.2) is 118 Å². The van der Waals surface area contributed by atoms with Crippen LogP contribution in [0.1, 0.15) is 52.5 Å². The molecule has 0 radical (unpaired) electrons. The lowest BCUT2D eigenvalue weighted by Crippen LogP contribution is -2.40. The van der Waals surface area contributed by atoms with Gasteiger partial charge < -0.3 is 18.9 Å². The van der Waals surface area contributed by atoms with Crippen molar-refractivity contribution in [3.05, 3.63) is 156 Å². The van der Waals surface area contributed by atoms with Crippen molar-refractivity contribution in [2.75, 3.05) is 20.3 Å². The fourth-order valence-corrected chi connectivity index (χ4v) is 6.59. The Labute approximate surface area is 287 Å². The van der Waals surface area contributed by atoms with Gasteiger partial charge in [0.05, 0.1) is 47.7 Å². The van der Waals surface area contributed by atoms with Crippen LogP contribution in [-0.2, 0) is 20.9 Å². The molecule has 0 amide bonds. The minimum Gasteiger partial charge on any atom is -0.493 e. The molecule has 248 valence electrons. The summed E-state index contributed by atoms with van der Waals surface area (Å²) in [5.74, 6) is 0.0140. The van der Waals surface area contributed by atoms with Gasteiger partial charge >= 0.3 is 11.9 Å². The van der Waals surface area contributed by atoms with Crippen molar-refractivity contribution in [2.24, 2.45) is 4.99 Å². The molecule has 0 fully saturated rings. The van der Waals surface area contributed by atoms with Crippen LogP contribution >= 0.6 is 11.3 Å². The Balaban J connectivity index is 1.46. The van der Waals surface area contributed by atoms with Crippen LogP contribution in [0.3, 0.4) is 0 Å². The quantitative estimate of drug-likeness (QED) is 0.166. The van der Waals surface area contributed by atoms with Gasteiger partial charge in [-0.3, -0.25) is 9.36 Å². The van der Waals surface area contributed by atoms with Gasteiger partial charge in [0.1, 0.15) is 6.61 Å². The molecule has 1 aliphatic rings. The lowest BCUT2D eigenvalue weighted by atomic mass is 9.93. The van der Waals surface area contributed by atoms with E-state index >= 15 is 0 Å². The molecule has 10 heteroatoms. The summed E-state index contributed by atoms with van der Waals surface area (Å²) in [7, 11) is 1.55. The molecular formula is C39H34N2O7S. The molecule has 0 spiro atoms. The van der Waals surface area contributed by atoms with Crippen LogP contribution in [0.25, 0.3) is 11.8 Å². The first-order chi connectivity index (χ1) is 23.9. The van der Waals surface area contributed by atoms with Gasteiger partial charge in [0, 0.05) is 11.1 Å². The molecule has 2 heterocycles. The van der Waals surface area contributed by atoms with E-state index in [0.717, 1.165) is 16.7 Å². The summed E-state index contributed by atoms with van der Waals surface area (Å²) in [6.45, 7) is 4.16. The van der Waals surface area contributed by atoms with Crippen LogP contribution in [0.2, 0.25) is 0 Å². The number of hydrogen-bond donors (Lipinski definition) is 0. The van der Waals surface area contributed by atoms with Crippen molar-refractivity contribution < 1.29 is 28.5 Å². The average molecular weight is 675 g/mol. The maximum Gasteiger partial charge on any atom is 0.338 e. The number of fused-ring (bicyclic) bond motifs is 1. The molecule has 1 atom stereocenters. The smallest absolute Gasteiger partial charge is 0.338 e. The molecule has 1 aromatic heterocycles. The molecule has 5 aromatic rings. The number of para-hydroxylation sites is 1. The Bertz CT molecular complexity index is 2190. The van der Waals surface area contributed by atoms with Crippen molar-refractivity contribution in [1.29, 1.82) is 0 Å². The number of benzene rings is 4.